The Kier molecular flexibility index (Phi) is 10.6. The standard InChI is InChI=1S/C37H55N5O6/c1-35(2,3)30(40-34(47)41-37(17-11-6-7-12-18-37)22-48-21-24-13-9-8-10-14-24)33(46)42-20-25-27(36(25,4)5)28(42)32(45)39-26(19-23-15-16-23)29(43)31(38)44/h8-10,13-14,23,25-28,30H,6-7,11-12,15-22H2,1-5H3,(H2,38,44)(H,39,45)(H2,40,41,47)/t25-,26?,27-,28?,30?/m0/s1. The number of ketones is 1. The average Bonchev–Trinajstić information content (AvgIpc) is 3.90. The second kappa shape index (κ2) is 14.2. The Morgan fingerprint density at radius 2 is 1.62 bits per heavy atom. The third-order valence-corrected chi connectivity index (χ3v) is 11.2. The van der Waals surface area contributed by atoms with Crippen molar-refractivity contribution in [2.24, 2.45) is 34.3 Å². The molecule has 264 valence electrons. The highest BCUT2D eigenvalue weighted by atomic mass is 16.5. The Balaban J connectivity index is 1.30. The molecule has 3 unspecified atom stereocenters. The number of nitrogens with two attached hydrogens (primary N) is 1. The minimum atomic E-state index is -1.08. The van der Waals surface area contributed by atoms with Crippen LogP contribution >= 0.6 is 0 Å². The Bertz CT molecular complexity index is 1360. The van der Waals surface area contributed by atoms with Gasteiger partial charge in [-0.15, -0.1) is 0 Å². The zero-order valence-corrected chi connectivity index (χ0v) is 29.3. The van der Waals surface area contributed by atoms with Gasteiger partial charge in [0.05, 0.1) is 24.8 Å². The maximum absolute atomic E-state index is 14.4. The number of benzene rings is 1. The summed E-state index contributed by atoms with van der Waals surface area (Å²) in [6.45, 7) is 11.0. The van der Waals surface area contributed by atoms with E-state index >= 15 is 0 Å². The number of rotatable bonds is 13. The molecule has 3 aliphatic carbocycles. The van der Waals surface area contributed by atoms with Crippen molar-refractivity contribution in [3.8, 4) is 0 Å². The number of carbonyl (C=O) groups excluding carboxylic acids is 5. The molecule has 11 nitrogen and oxygen atoms in total. The van der Waals surface area contributed by atoms with E-state index in [2.05, 4.69) is 29.8 Å². The summed E-state index contributed by atoms with van der Waals surface area (Å²) in [4.78, 5) is 68.2. The van der Waals surface area contributed by atoms with E-state index in [-0.39, 0.29) is 29.1 Å². The number of Topliss-reactive ketones (excluding diaryl/α,β-unsaturated/α-hetero) is 1. The summed E-state index contributed by atoms with van der Waals surface area (Å²) in [6, 6.07) is 6.75. The average molecular weight is 666 g/mol. The zero-order chi connectivity index (χ0) is 34.9. The van der Waals surface area contributed by atoms with E-state index in [1.54, 1.807) is 4.90 Å². The molecule has 1 aromatic carbocycles. The lowest BCUT2D eigenvalue weighted by molar-refractivity contribution is -0.145. The van der Waals surface area contributed by atoms with Gasteiger partial charge in [-0.25, -0.2) is 4.79 Å². The minimum Gasteiger partial charge on any atom is -0.374 e. The maximum atomic E-state index is 14.4. The van der Waals surface area contributed by atoms with E-state index in [4.69, 9.17) is 10.5 Å². The van der Waals surface area contributed by atoms with E-state index in [1.165, 1.54) is 0 Å². The van der Waals surface area contributed by atoms with Crippen LogP contribution in [-0.2, 0) is 30.5 Å². The highest BCUT2D eigenvalue weighted by Gasteiger charge is 2.70. The lowest BCUT2D eigenvalue weighted by atomic mass is 9.85. The molecular formula is C37H55N5O6. The number of ether oxygens (including phenoxy) is 1. The van der Waals surface area contributed by atoms with Gasteiger partial charge in [0, 0.05) is 6.54 Å². The number of fused-ring (bicyclic) bond motifs is 1. The maximum Gasteiger partial charge on any atom is 0.315 e. The van der Waals surface area contributed by atoms with Crippen molar-refractivity contribution in [1.82, 2.24) is 20.9 Å². The lowest BCUT2D eigenvalue weighted by Gasteiger charge is -2.39. The summed E-state index contributed by atoms with van der Waals surface area (Å²) in [5.41, 5.74) is 5.00. The van der Waals surface area contributed by atoms with Gasteiger partial charge >= 0.3 is 6.03 Å². The predicted octanol–water partition coefficient (Wildman–Crippen LogP) is 3.83. The van der Waals surface area contributed by atoms with Crippen LogP contribution < -0.4 is 21.7 Å². The Morgan fingerprint density at radius 1 is 0.979 bits per heavy atom. The molecule has 1 heterocycles. The number of primary amides is 1. The van der Waals surface area contributed by atoms with Crippen LogP contribution in [0.3, 0.4) is 0 Å². The SMILES string of the molecule is CC(C)(C)C(NC(=O)NC1(COCc2ccccc2)CCCCCC1)C(=O)N1C[C@H]2[C@@H](C1C(=O)NC(CC1CC1)C(=O)C(N)=O)C2(C)C. The molecule has 1 aliphatic heterocycles. The van der Waals surface area contributed by atoms with Gasteiger partial charge in [-0.3, -0.25) is 19.2 Å². The Morgan fingerprint density at radius 3 is 2.21 bits per heavy atom. The molecule has 0 aromatic heterocycles. The highest BCUT2D eigenvalue weighted by Crippen LogP contribution is 2.65. The predicted molar refractivity (Wildman–Crippen MR) is 181 cm³/mol. The largest absolute Gasteiger partial charge is 0.374 e. The molecule has 0 bridgehead atoms. The number of piperidine rings is 1. The molecule has 11 heteroatoms. The van der Waals surface area contributed by atoms with Gasteiger partial charge in [0.25, 0.3) is 5.91 Å². The van der Waals surface area contributed by atoms with Gasteiger partial charge < -0.3 is 31.3 Å². The van der Waals surface area contributed by atoms with Crippen LogP contribution in [0.2, 0.25) is 0 Å². The fourth-order valence-electron chi connectivity index (χ4n) is 8.03. The van der Waals surface area contributed by atoms with E-state index in [1.807, 2.05) is 51.1 Å². The topological polar surface area (TPSA) is 160 Å². The first-order valence-corrected chi connectivity index (χ1v) is 17.8. The molecule has 4 aliphatic rings. The number of urea groups is 1. The first-order chi connectivity index (χ1) is 22.6. The fraction of sp³-hybridized carbons (Fsp3) is 0.703. The van der Waals surface area contributed by atoms with Crippen LogP contribution in [0.25, 0.3) is 0 Å². The van der Waals surface area contributed by atoms with Crippen LogP contribution in [0.4, 0.5) is 4.79 Å². The molecule has 5 amide bonds. The zero-order valence-electron chi connectivity index (χ0n) is 29.3. The molecule has 5 rings (SSSR count). The van der Waals surface area contributed by atoms with Crippen LogP contribution in [0.15, 0.2) is 30.3 Å². The number of nitrogens with one attached hydrogen (secondary N) is 3. The summed E-state index contributed by atoms with van der Waals surface area (Å²) in [5.74, 6) is -2.41. The van der Waals surface area contributed by atoms with Gasteiger partial charge in [0.2, 0.25) is 17.6 Å². The second-order valence-corrected chi connectivity index (χ2v) is 16.4. The van der Waals surface area contributed by atoms with Crippen molar-refractivity contribution in [1.29, 1.82) is 0 Å². The molecule has 5 N–H and O–H groups in total. The summed E-state index contributed by atoms with van der Waals surface area (Å²) in [7, 11) is 0. The van der Waals surface area contributed by atoms with Crippen molar-refractivity contribution in [3.63, 3.8) is 0 Å². The molecule has 3 saturated carbocycles. The third kappa shape index (κ3) is 8.21. The van der Waals surface area contributed by atoms with Crippen molar-refractivity contribution in [2.75, 3.05) is 13.2 Å². The number of hydrogen-bond acceptors (Lipinski definition) is 6. The van der Waals surface area contributed by atoms with Gasteiger partial charge in [0.15, 0.2) is 0 Å². The molecular weight excluding hydrogens is 610 g/mol. The normalized spacial score (nSPS) is 25.5. The number of hydrogen-bond donors (Lipinski definition) is 4. The van der Waals surface area contributed by atoms with Crippen LogP contribution in [0, 0.1) is 28.6 Å². The van der Waals surface area contributed by atoms with Crippen LogP contribution in [0.5, 0.6) is 0 Å². The van der Waals surface area contributed by atoms with Gasteiger partial charge in [-0.1, -0.05) is 103 Å². The van der Waals surface area contributed by atoms with Gasteiger partial charge in [-0.2, -0.15) is 0 Å². The number of carbonyl (C=O) groups is 5. The summed E-state index contributed by atoms with van der Waals surface area (Å²) >= 11 is 0. The van der Waals surface area contributed by atoms with Crippen LogP contribution in [0.1, 0.15) is 98.0 Å². The lowest BCUT2D eigenvalue weighted by Crippen LogP contribution is -2.63. The number of amides is 5. The Hall–Kier alpha value is -3.47. The van der Waals surface area contributed by atoms with Crippen molar-refractivity contribution < 1.29 is 28.7 Å². The molecule has 0 radical (unpaired) electrons. The van der Waals surface area contributed by atoms with Crippen molar-refractivity contribution in [3.05, 3.63) is 35.9 Å². The third-order valence-electron chi connectivity index (χ3n) is 11.2. The number of likely N-dealkylation sites (tertiary alicyclic amines) is 1. The molecule has 1 aromatic rings. The molecule has 5 atom stereocenters. The molecule has 4 fully saturated rings. The van der Waals surface area contributed by atoms with Crippen LogP contribution in [-0.4, -0.2) is 71.3 Å². The smallest absolute Gasteiger partial charge is 0.315 e. The summed E-state index contributed by atoms with van der Waals surface area (Å²) in [5, 5.41) is 9.06. The quantitative estimate of drug-likeness (QED) is 0.185. The van der Waals surface area contributed by atoms with E-state index in [0.717, 1.165) is 56.9 Å². The Labute approximate surface area is 284 Å². The van der Waals surface area contributed by atoms with E-state index in [9.17, 15) is 24.0 Å². The van der Waals surface area contributed by atoms with Crippen molar-refractivity contribution in [2.45, 2.75) is 123 Å². The molecule has 0 spiro atoms. The monoisotopic (exact) mass is 665 g/mol. The summed E-state index contributed by atoms with van der Waals surface area (Å²) in [6.07, 6.45) is 7.92. The van der Waals surface area contributed by atoms with Crippen molar-refractivity contribution >= 4 is 29.5 Å². The molecule has 1 saturated heterocycles. The first kappa shape index (κ1) is 35.8. The highest BCUT2D eigenvalue weighted by molar-refractivity contribution is 6.37. The molecule has 48 heavy (non-hydrogen) atoms. The van der Waals surface area contributed by atoms with Gasteiger partial charge in [0.1, 0.15) is 12.1 Å². The summed E-state index contributed by atoms with van der Waals surface area (Å²) < 4.78 is 6.17. The minimum absolute atomic E-state index is 0.0998. The first-order valence-electron chi connectivity index (χ1n) is 17.8. The van der Waals surface area contributed by atoms with Gasteiger partial charge in [-0.05, 0) is 53.4 Å². The second-order valence-electron chi connectivity index (χ2n) is 16.4. The van der Waals surface area contributed by atoms with E-state index in [0.29, 0.717) is 26.2 Å². The number of nitrogens with zero attached hydrogens (tertiary/aromatic N) is 1. The van der Waals surface area contributed by atoms with E-state index < -0.39 is 52.7 Å². The fourth-order valence-corrected chi connectivity index (χ4v) is 8.03.